The zero-order valence-corrected chi connectivity index (χ0v) is 13.0. The minimum absolute atomic E-state index is 0.678. The van der Waals surface area contributed by atoms with E-state index in [4.69, 9.17) is 12.2 Å². The number of aryl methyl sites for hydroxylation is 1. The number of unbranched alkanes of at least 4 members (excludes halogenated alkanes) is 5. The fraction of sp³-hybridized carbons (Fsp3) is 0.500. The van der Waals surface area contributed by atoms with Crippen molar-refractivity contribution in [1.29, 1.82) is 0 Å². The molecule has 0 unspecified atom stereocenters. The third kappa shape index (κ3) is 4.04. The summed E-state index contributed by atoms with van der Waals surface area (Å²) in [4.78, 5) is 0. The number of benzene rings is 1. The largest absolute Gasteiger partial charge is 0.272 e. The molecule has 0 aliphatic heterocycles. The maximum absolute atomic E-state index is 5.34. The lowest BCUT2D eigenvalue weighted by molar-refractivity contribution is 0.598. The highest BCUT2D eigenvalue weighted by molar-refractivity contribution is 7.71. The van der Waals surface area contributed by atoms with Crippen LogP contribution in [0, 0.1) is 4.77 Å². The van der Waals surface area contributed by atoms with Crippen molar-refractivity contribution < 1.29 is 0 Å². The lowest BCUT2D eigenvalue weighted by Crippen LogP contribution is -2.01. The van der Waals surface area contributed by atoms with Crippen LogP contribution in [-0.4, -0.2) is 14.8 Å². The summed E-state index contributed by atoms with van der Waals surface area (Å²) in [6.45, 7) is 2.25. The quantitative estimate of drug-likeness (QED) is 0.557. The number of H-pyrrole nitrogens is 1. The molecule has 0 bridgehead atoms. The van der Waals surface area contributed by atoms with Gasteiger partial charge in [0.2, 0.25) is 0 Å². The molecule has 0 saturated heterocycles. The van der Waals surface area contributed by atoms with Gasteiger partial charge in [0.05, 0.1) is 0 Å². The second kappa shape index (κ2) is 8.00. The van der Waals surface area contributed by atoms with E-state index in [1.165, 1.54) is 38.5 Å². The molecule has 0 aliphatic carbocycles. The van der Waals surface area contributed by atoms with Gasteiger partial charge in [-0.2, -0.15) is 5.10 Å². The number of hydrogen-bond acceptors (Lipinski definition) is 2. The van der Waals surface area contributed by atoms with Gasteiger partial charge in [-0.3, -0.25) is 9.67 Å². The van der Waals surface area contributed by atoms with Gasteiger partial charge in [0.1, 0.15) is 5.82 Å². The van der Waals surface area contributed by atoms with Gasteiger partial charge in [0.25, 0.3) is 0 Å². The molecule has 3 nitrogen and oxygen atoms in total. The lowest BCUT2D eigenvalue weighted by atomic mass is 10.1. The lowest BCUT2D eigenvalue weighted by Gasteiger charge is -2.06. The van der Waals surface area contributed by atoms with E-state index in [9.17, 15) is 0 Å². The Kier molecular flexibility index (Phi) is 5.99. The summed E-state index contributed by atoms with van der Waals surface area (Å²) in [5.74, 6) is 1.04. The highest BCUT2D eigenvalue weighted by atomic mass is 32.1. The monoisotopic (exact) mass is 289 g/mol. The van der Waals surface area contributed by atoms with E-state index in [-0.39, 0.29) is 0 Å². The van der Waals surface area contributed by atoms with Gasteiger partial charge < -0.3 is 0 Å². The van der Waals surface area contributed by atoms with Crippen molar-refractivity contribution in [1.82, 2.24) is 14.8 Å². The Hall–Kier alpha value is -1.42. The van der Waals surface area contributed by atoms with Crippen LogP contribution in [0.2, 0.25) is 0 Å². The molecule has 0 spiro atoms. The molecule has 1 N–H and O–H groups in total. The van der Waals surface area contributed by atoms with Crippen molar-refractivity contribution in [3.63, 3.8) is 0 Å². The van der Waals surface area contributed by atoms with Crippen LogP contribution in [0.3, 0.4) is 0 Å². The summed E-state index contributed by atoms with van der Waals surface area (Å²) in [6.07, 6.45) is 8.75. The van der Waals surface area contributed by atoms with Gasteiger partial charge >= 0.3 is 0 Å². The Morgan fingerprint density at radius 1 is 1.05 bits per heavy atom. The maximum atomic E-state index is 5.34. The van der Waals surface area contributed by atoms with Crippen LogP contribution >= 0.6 is 12.2 Å². The van der Waals surface area contributed by atoms with E-state index in [1.807, 2.05) is 22.8 Å². The molecule has 0 fully saturated rings. The normalized spacial score (nSPS) is 10.8. The molecule has 0 radical (unpaired) electrons. The van der Waals surface area contributed by atoms with E-state index >= 15 is 0 Å². The van der Waals surface area contributed by atoms with Crippen LogP contribution in [0.25, 0.3) is 5.69 Å². The third-order valence-corrected chi connectivity index (χ3v) is 3.78. The summed E-state index contributed by atoms with van der Waals surface area (Å²) >= 11 is 5.34. The van der Waals surface area contributed by atoms with Crippen LogP contribution < -0.4 is 0 Å². The number of nitrogens with one attached hydrogen (secondary N) is 1. The van der Waals surface area contributed by atoms with E-state index in [1.54, 1.807) is 0 Å². The van der Waals surface area contributed by atoms with E-state index < -0.39 is 0 Å². The minimum Gasteiger partial charge on any atom is -0.272 e. The standard InChI is InChI=1S/C16H23N3S/c1-2-3-4-5-6-10-13-15-17-18-16(20)19(15)14-11-8-7-9-12-14/h7-9,11-12H,2-6,10,13H2,1H3,(H,18,20). The maximum Gasteiger partial charge on any atom is 0.199 e. The molecule has 0 aliphatic rings. The van der Waals surface area contributed by atoms with Crippen molar-refractivity contribution in [2.75, 3.05) is 0 Å². The molecule has 0 amide bonds. The second-order valence-corrected chi connectivity index (χ2v) is 5.52. The fourth-order valence-electron chi connectivity index (χ4n) is 2.40. The molecule has 2 rings (SSSR count). The van der Waals surface area contributed by atoms with Crippen LogP contribution in [-0.2, 0) is 6.42 Å². The topological polar surface area (TPSA) is 33.6 Å². The molecule has 0 atom stereocenters. The second-order valence-electron chi connectivity index (χ2n) is 5.13. The van der Waals surface area contributed by atoms with Gasteiger partial charge in [0, 0.05) is 12.1 Å². The molecule has 0 saturated carbocycles. The van der Waals surface area contributed by atoms with E-state index in [0.717, 1.165) is 17.9 Å². The van der Waals surface area contributed by atoms with Gasteiger partial charge in [-0.1, -0.05) is 57.2 Å². The van der Waals surface area contributed by atoms with Gasteiger partial charge in [-0.05, 0) is 30.8 Å². The number of nitrogens with zero attached hydrogens (tertiary/aromatic N) is 2. The predicted octanol–water partition coefficient (Wildman–Crippen LogP) is 4.83. The Morgan fingerprint density at radius 3 is 2.50 bits per heavy atom. The first-order valence-electron chi connectivity index (χ1n) is 7.54. The number of hydrogen-bond donors (Lipinski definition) is 1. The van der Waals surface area contributed by atoms with Crippen LogP contribution in [0.4, 0.5) is 0 Å². The first kappa shape index (κ1) is 15.0. The first-order valence-corrected chi connectivity index (χ1v) is 7.95. The summed E-state index contributed by atoms with van der Waals surface area (Å²) in [7, 11) is 0. The average molecular weight is 289 g/mol. The van der Waals surface area contributed by atoms with Crippen molar-refractivity contribution >= 4 is 12.2 Å². The number of para-hydroxylation sites is 1. The number of aromatic amines is 1. The fourth-order valence-corrected chi connectivity index (χ4v) is 2.66. The summed E-state index contributed by atoms with van der Waals surface area (Å²) in [5.41, 5.74) is 1.09. The Labute approximate surface area is 126 Å². The van der Waals surface area contributed by atoms with Crippen LogP contribution in [0.5, 0.6) is 0 Å². The SMILES string of the molecule is CCCCCCCCc1n[nH]c(=S)n1-c1ccccc1. The van der Waals surface area contributed by atoms with Crippen molar-refractivity contribution in [3.05, 3.63) is 40.9 Å². The molecule has 4 heteroatoms. The van der Waals surface area contributed by atoms with E-state index in [2.05, 4.69) is 29.3 Å². The summed E-state index contributed by atoms with van der Waals surface area (Å²) in [6, 6.07) is 10.2. The third-order valence-electron chi connectivity index (χ3n) is 3.51. The van der Waals surface area contributed by atoms with Gasteiger partial charge in [0.15, 0.2) is 4.77 Å². The average Bonchev–Trinajstić information content (AvgIpc) is 2.84. The Balaban J connectivity index is 1.95. The minimum atomic E-state index is 0.678. The molecule has 1 aromatic carbocycles. The Morgan fingerprint density at radius 2 is 1.75 bits per heavy atom. The number of aromatic nitrogens is 3. The van der Waals surface area contributed by atoms with E-state index in [0.29, 0.717) is 4.77 Å². The zero-order valence-electron chi connectivity index (χ0n) is 12.1. The molecule has 20 heavy (non-hydrogen) atoms. The van der Waals surface area contributed by atoms with Crippen molar-refractivity contribution in [3.8, 4) is 5.69 Å². The van der Waals surface area contributed by atoms with Gasteiger partial charge in [-0.15, -0.1) is 0 Å². The van der Waals surface area contributed by atoms with Crippen molar-refractivity contribution in [2.45, 2.75) is 51.9 Å². The highest BCUT2D eigenvalue weighted by Crippen LogP contribution is 2.13. The molecule has 108 valence electrons. The Bertz CT molecular complexity index is 557. The van der Waals surface area contributed by atoms with Crippen molar-refractivity contribution in [2.24, 2.45) is 0 Å². The number of rotatable bonds is 8. The molecule has 2 aromatic rings. The summed E-state index contributed by atoms with van der Waals surface area (Å²) < 4.78 is 2.72. The smallest absolute Gasteiger partial charge is 0.199 e. The zero-order chi connectivity index (χ0) is 14.2. The van der Waals surface area contributed by atoms with Crippen LogP contribution in [0.1, 0.15) is 51.3 Å². The molecular weight excluding hydrogens is 266 g/mol. The van der Waals surface area contributed by atoms with Gasteiger partial charge in [-0.25, -0.2) is 0 Å². The molecule has 1 aromatic heterocycles. The highest BCUT2D eigenvalue weighted by Gasteiger charge is 2.07. The first-order chi connectivity index (χ1) is 9.83. The van der Waals surface area contributed by atoms with Crippen LogP contribution in [0.15, 0.2) is 30.3 Å². The molecule has 1 heterocycles. The predicted molar refractivity (Wildman–Crippen MR) is 85.8 cm³/mol. The summed E-state index contributed by atoms with van der Waals surface area (Å²) in [5, 5.41) is 7.28. The molecular formula is C16H23N3S.